The molecule has 1 aromatic rings. The molecule has 0 fully saturated rings. The molecule has 0 aliphatic heterocycles. The van der Waals surface area contributed by atoms with Crippen LogP contribution in [0.3, 0.4) is 0 Å². The molecule has 0 aromatic heterocycles. The molecular formula is C10H14BrNOS. The Hall–Kier alpha value is -0.190. The first-order chi connectivity index (χ1) is 6.75. The smallest absolute Gasteiger partial charge is 0.0541 e. The highest BCUT2D eigenvalue weighted by Crippen LogP contribution is 2.20. The minimum atomic E-state index is -0.899. The van der Waals surface area contributed by atoms with Gasteiger partial charge in [-0.25, -0.2) is 0 Å². The SMILES string of the molecule is NCCCCS(=O)c1ccccc1Br. The summed E-state index contributed by atoms with van der Waals surface area (Å²) in [6.07, 6.45) is 1.86. The Morgan fingerprint density at radius 1 is 1.29 bits per heavy atom. The lowest BCUT2D eigenvalue weighted by Gasteiger charge is -2.03. The van der Waals surface area contributed by atoms with Crippen molar-refractivity contribution in [2.24, 2.45) is 5.73 Å². The van der Waals surface area contributed by atoms with Crippen LogP contribution in [0, 0.1) is 0 Å². The molecular weight excluding hydrogens is 262 g/mol. The van der Waals surface area contributed by atoms with Crippen molar-refractivity contribution in [3.05, 3.63) is 28.7 Å². The van der Waals surface area contributed by atoms with Crippen LogP contribution in [0.4, 0.5) is 0 Å². The third-order valence-electron chi connectivity index (χ3n) is 1.87. The van der Waals surface area contributed by atoms with Gasteiger partial charge in [0.25, 0.3) is 0 Å². The van der Waals surface area contributed by atoms with Gasteiger partial charge in [-0.15, -0.1) is 0 Å². The van der Waals surface area contributed by atoms with E-state index in [1.54, 1.807) is 0 Å². The van der Waals surface area contributed by atoms with E-state index < -0.39 is 10.8 Å². The molecule has 0 saturated carbocycles. The number of halogens is 1. The Kier molecular flexibility index (Phi) is 5.37. The Morgan fingerprint density at radius 2 is 2.00 bits per heavy atom. The molecule has 0 saturated heterocycles. The summed E-state index contributed by atoms with van der Waals surface area (Å²) in [6.45, 7) is 0.674. The summed E-state index contributed by atoms with van der Waals surface area (Å²) in [5, 5.41) is 0. The standard InChI is InChI=1S/C10H14BrNOS/c11-9-5-1-2-6-10(9)14(13)8-4-3-7-12/h1-2,5-6H,3-4,7-8,12H2. The average molecular weight is 276 g/mol. The fourth-order valence-corrected chi connectivity index (χ4v) is 3.15. The van der Waals surface area contributed by atoms with Gasteiger partial charge in [0.1, 0.15) is 0 Å². The van der Waals surface area contributed by atoms with Gasteiger partial charge < -0.3 is 5.73 Å². The zero-order valence-electron chi connectivity index (χ0n) is 7.91. The Morgan fingerprint density at radius 3 is 2.64 bits per heavy atom. The first-order valence-electron chi connectivity index (χ1n) is 4.58. The van der Waals surface area contributed by atoms with E-state index in [1.807, 2.05) is 24.3 Å². The Labute approximate surface area is 95.5 Å². The van der Waals surface area contributed by atoms with E-state index in [9.17, 15) is 4.21 Å². The third kappa shape index (κ3) is 3.52. The Balaban J connectivity index is 2.56. The molecule has 14 heavy (non-hydrogen) atoms. The van der Waals surface area contributed by atoms with Crippen molar-refractivity contribution in [1.29, 1.82) is 0 Å². The van der Waals surface area contributed by atoms with Gasteiger partial charge in [-0.3, -0.25) is 4.21 Å². The van der Waals surface area contributed by atoms with Gasteiger partial charge in [-0.05, 0) is 47.4 Å². The number of unbranched alkanes of at least 4 members (excludes halogenated alkanes) is 1. The van der Waals surface area contributed by atoms with Crippen LogP contribution in [-0.4, -0.2) is 16.5 Å². The van der Waals surface area contributed by atoms with Gasteiger partial charge in [-0.1, -0.05) is 12.1 Å². The van der Waals surface area contributed by atoms with Gasteiger partial charge in [-0.2, -0.15) is 0 Å². The van der Waals surface area contributed by atoms with Crippen LogP contribution >= 0.6 is 15.9 Å². The van der Waals surface area contributed by atoms with Crippen LogP contribution in [0.15, 0.2) is 33.6 Å². The fraction of sp³-hybridized carbons (Fsp3) is 0.400. The summed E-state index contributed by atoms with van der Waals surface area (Å²) in [7, 11) is -0.899. The second-order valence-electron chi connectivity index (χ2n) is 2.98. The second kappa shape index (κ2) is 6.32. The highest BCUT2D eigenvalue weighted by molar-refractivity contribution is 9.10. The maximum Gasteiger partial charge on any atom is 0.0541 e. The van der Waals surface area contributed by atoms with Crippen LogP contribution in [-0.2, 0) is 10.8 Å². The maximum atomic E-state index is 11.8. The lowest BCUT2D eigenvalue weighted by Crippen LogP contribution is -2.03. The van der Waals surface area contributed by atoms with E-state index in [1.165, 1.54) is 0 Å². The molecule has 0 aliphatic rings. The molecule has 1 rings (SSSR count). The molecule has 4 heteroatoms. The van der Waals surface area contributed by atoms with Gasteiger partial charge >= 0.3 is 0 Å². The first kappa shape index (κ1) is 11.9. The van der Waals surface area contributed by atoms with E-state index in [2.05, 4.69) is 15.9 Å². The van der Waals surface area contributed by atoms with Crippen molar-refractivity contribution in [1.82, 2.24) is 0 Å². The van der Waals surface area contributed by atoms with E-state index in [4.69, 9.17) is 5.73 Å². The second-order valence-corrected chi connectivity index (χ2v) is 5.37. The minimum Gasteiger partial charge on any atom is -0.330 e. The van der Waals surface area contributed by atoms with E-state index >= 15 is 0 Å². The molecule has 0 radical (unpaired) electrons. The van der Waals surface area contributed by atoms with Crippen LogP contribution in [0.5, 0.6) is 0 Å². The van der Waals surface area contributed by atoms with E-state index in [-0.39, 0.29) is 0 Å². The molecule has 0 spiro atoms. The van der Waals surface area contributed by atoms with E-state index in [0.29, 0.717) is 12.3 Å². The highest BCUT2D eigenvalue weighted by Gasteiger charge is 2.06. The molecule has 1 unspecified atom stereocenters. The first-order valence-corrected chi connectivity index (χ1v) is 6.70. The molecule has 2 N–H and O–H groups in total. The van der Waals surface area contributed by atoms with Gasteiger partial charge in [0.2, 0.25) is 0 Å². The number of rotatable bonds is 5. The number of benzene rings is 1. The summed E-state index contributed by atoms with van der Waals surface area (Å²) >= 11 is 3.39. The summed E-state index contributed by atoms with van der Waals surface area (Å²) in [5.41, 5.74) is 5.38. The summed E-state index contributed by atoms with van der Waals surface area (Å²) in [6, 6.07) is 7.63. The molecule has 78 valence electrons. The Bertz CT molecular complexity index is 317. The van der Waals surface area contributed by atoms with Crippen molar-refractivity contribution in [2.45, 2.75) is 17.7 Å². The molecule has 0 aliphatic carbocycles. The quantitative estimate of drug-likeness (QED) is 0.838. The maximum absolute atomic E-state index is 11.8. The lowest BCUT2D eigenvalue weighted by molar-refractivity contribution is 0.677. The zero-order valence-corrected chi connectivity index (χ0v) is 10.3. The predicted octanol–water partition coefficient (Wildman–Crippen LogP) is 2.30. The van der Waals surface area contributed by atoms with Crippen molar-refractivity contribution >= 4 is 26.7 Å². The number of hydrogen-bond acceptors (Lipinski definition) is 2. The molecule has 0 heterocycles. The van der Waals surface area contributed by atoms with Crippen molar-refractivity contribution in [3.8, 4) is 0 Å². The van der Waals surface area contributed by atoms with Gasteiger partial charge in [0, 0.05) is 10.2 Å². The molecule has 1 aromatic carbocycles. The number of nitrogens with two attached hydrogens (primary N) is 1. The monoisotopic (exact) mass is 275 g/mol. The fourth-order valence-electron chi connectivity index (χ4n) is 1.12. The minimum absolute atomic E-state index is 0.674. The van der Waals surface area contributed by atoms with Crippen LogP contribution < -0.4 is 5.73 Å². The van der Waals surface area contributed by atoms with Gasteiger partial charge in [0.05, 0.1) is 15.7 Å². The summed E-state index contributed by atoms with van der Waals surface area (Å²) in [5.74, 6) is 0.694. The number of hydrogen-bond donors (Lipinski definition) is 1. The third-order valence-corrected chi connectivity index (χ3v) is 4.33. The molecule has 1 atom stereocenters. The topological polar surface area (TPSA) is 43.1 Å². The van der Waals surface area contributed by atoms with Crippen molar-refractivity contribution in [3.63, 3.8) is 0 Å². The van der Waals surface area contributed by atoms with Crippen LogP contribution in [0.2, 0.25) is 0 Å². The molecule has 0 amide bonds. The van der Waals surface area contributed by atoms with Crippen LogP contribution in [0.1, 0.15) is 12.8 Å². The van der Waals surface area contributed by atoms with E-state index in [0.717, 1.165) is 22.2 Å². The lowest BCUT2D eigenvalue weighted by atomic mass is 10.3. The van der Waals surface area contributed by atoms with Crippen molar-refractivity contribution < 1.29 is 4.21 Å². The van der Waals surface area contributed by atoms with Gasteiger partial charge in [0.15, 0.2) is 0 Å². The predicted molar refractivity (Wildman–Crippen MR) is 63.7 cm³/mol. The molecule has 2 nitrogen and oxygen atoms in total. The summed E-state index contributed by atoms with van der Waals surface area (Å²) in [4.78, 5) is 0.879. The summed E-state index contributed by atoms with van der Waals surface area (Å²) < 4.78 is 12.7. The highest BCUT2D eigenvalue weighted by atomic mass is 79.9. The molecule has 0 bridgehead atoms. The zero-order chi connectivity index (χ0) is 10.4. The largest absolute Gasteiger partial charge is 0.330 e. The normalized spacial score (nSPS) is 12.7. The average Bonchev–Trinajstić information content (AvgIpc) is 2.18. The van der Waals surface area contributed by atoms with Crippen molar-refractivity contribution in [2.75, 3.05) is 12.3 Å². The van der Waals surface area contributed by atoms with Crippen LogP contribution in [0.25, 0.3) is 0 Å².